The normalized spacial score (nSPS) is 14.2. The molecule has 0 amide bonds. The van der Waals surface area contributed by atoms with E-state index in [1.807, 2.05) is 18.2 Å². The maximum Gasteiger partial charge on any atom is 0.0406 e. The monoisotopic (exact) mass is 259 g/mol. The molecule has 0 aliphatic heterocycles. The standard InChI is InChI=1S/C16H18ClN/c1-12(14-6-4-3-5-7-14)18-13(2)15-8-10-16(17)11-9-15/h3-13,18H,1-2H3/t12-,13?/m1/s1. The minimum atomic E-state index is 0.303. The Morgan fingerprint density at radius 3 is 1.83 bits per heavy atom. The van der Waals surface area contributed by atoms with Gasteiger partial charge in [0, 0.05) is 17.1 Å². The summed E-state index contributed by atoms with van der Waals surface area (Å²) in [6.45, 7) is 4.35. The molecule has 0 saturated heterocycles. The van der Waals surface area contributed by atoms with E-state index in [4.69, 9.17) is 11.6 Å². The molecule has 1 nitrogen and oxygen atoms in total. The van der Waals surface area contributed by atoms with E-state index in [2.05, 4.69) is 55.6 Å². The van der Waals surface area contributed by atoms with Crippen molar-refractivity contribution in [3.63, 3.8) is 0 Å². The van der Waals surface area contributed by atoms with Crippen LogP contribution in [-0.2, 0) is 0 Å². The highest BCUT2D eigenvalue weighted by molar-refractivity contribution is 6.30. The van der Waals surface area contributed by atoms with Crippen LogP contribution in [0.3, 0.4) is 0 Å². The lowest BCUT2D eigenvalue weighted by Gasteiger charge is -2.20. The average Bonchev–Trinajstić information content (AvgIpc) is 2.40. The van der Waals surface area contributed by atoms with Crippen LogP contribution in [0.25, 0.3) is 0 Å². The molecule has 94 valence electrons. The van der Waals surface area contributed by atoms with Gasteiger partial charge in [0.05, 0.1) is 0 Å². The van der Waals surface area contributed by atoms with Gasteiger partial charge in [0.1, 0.15) is 0 Å². The number of hydrogen-bond acceptors (Lipinski definition) is 1. The molecular formula is C16H18ClN. The summed E-state index contributed by atoms with van der Waals surface area (Å²) < 4.78 is 0. The molecule has 0 aromatic heterocycles. The van der Waals surface area contributed by atoms with Crippen molar-refractivity contribution in [2.75, 3.05) is 0 Å². The van der Waals surface area contributed by atoms with Gasteiger partial charge in [-0.05, 0) is 37.1 Å². The Morgan fingerprint density at radius 1 is 0.778 bits per heavy atom. The van der Waals surface area contributed by atoms with E-state index in [0.29, 0.717) is 12.1 Å². The molecular weight excluding hydrogens is 242 g/mol. The Bertz CT molecular complexity index is 478. The Balaban J connectivity index is 2.03. The van der Waals surface area contributed by atoms with E-state index < -0.39 is 0 Å². The van der Waals surface area contributed by atoms with Crippen molar-refractivity contribution in [3.8, 4) is 0 Å². The lowest BCUT2D eigenvalue weighted by molar-refractivity contribution is 0.495. The summed E-state index contributed by atoms with van der Waals surface area (Å²) in [4.78, 5) is 0. The van der Waals surface area contributed by atoms with Gasteiger partial charge >= 0.3 is 0 Å². The maximum absolute atomic E-state index is 5.90. The highest BCUT2D eigenvalue weighted by Crippen LogP contribution is 2.20. The summed E-state index contributed by atoms with van der Waals surface area (Å²) in [6, 6.07) is 19.1. The summed E-state index contributed by atoms with van der Waals surface area (Å²) in [7, 11) is 0. The summed E-state index contributed by atoms with van der Waals surface area (Å²) in [5, 5.41) is 4.37. The predicted molar refractivity (Wildman–Crippen MR) is 77.9 cm³/mol. The quantitative estimate of drug-likeness (QED) is 0.835. The number of nitrogens with one attached hydrogen (secondary N) is 1. The molecule has 2 aromatic rings. The van der Waals surface area contributed by atoms with Crippen molar-refractivity contribution >= 4 is 11.6 Å². The zero-order chi connectivity index (χ0) is 13.0. The van der Waals surface area contributed by atoms with Gasteiger partial charge in [-0.25, -0.2) is 0 Å². The fourth-order valence-corrected chi connectivity index (χ4v) is 2.19. The molecule has 2 rings (SSSR count). The van der Waals surface area contributed by atoms with Gasteiger partial charge in [-0.2, -0.15) is 0 Å². The zero-order valence-electron chi connectivity index (χ0n) is 10.7. The first-order valence-electron chi connectivity index (χ1n) is 6.23. The van der Waals surface area contributed by atoms with Crippen molar-refractivity contribution in [3.05, 3.63) is 70.7 Å². The van der Waals surface area contributed by atoms with Crippen LogP contribution in [-0.4, -0.2) is 0 Å². The fourth-order valence-electron chi connectivity index (χ4n) is 2.06. The molecule has 0 radical (unpaired) electrons. The van der Waals surface area contributed by atoms with Crippen molar-refractivity contribution < 1.29 is 0 Å². The number of halogens is 1. The summed E-state index contributed by atoms with van der Waals surface area (Å²) in [6.07, 6.45) is 0. The molecule has 0 heterocycles. The molecule has 0 bridgehead atoms. The van der Waals surface area contributed by atoms with Gasteiger partial charge in [-0.15, -0.1) is 0 Å². The molecule has 2 atom stereocenters. The topological polar surface area (TPSA) is 12.0 Å². The van der Waals surface area contributed by atoms with Crippen LogP contribution >= 0.6 is 11.6 Å². The number of benzene rings is 2. The van der Waals surface area contributed by atoms with Crippen molar-refractivity contribution in [2.45, 2.75) is 25.9 Å². The molecule has 1 unspecified atom stereocenters. The molecule has 0 spiro atoms. The first-order valence-corrected chi connectivity index (χ1v) is 6.61. The minimum Gasteiger partial charge on any atom is -0.304 e. The van der Waals surface area contributed by atoms with E-state index in [1.54, 1.807) is 0 Å². The maximum atomic E-state index is 5.90. The summed E-state index contributed by atoms with van der Waals surface area (Å²) >= 11 is 5.90. The van der Waals surface area contributed by atoms with Gasteiger partial charge in [0.2, 0.25) is 0 Å². The highest BCUT2D eigenvalue weighted by Gasteiger charge is 2.10. The lowest BCUT2D eigenvalue weighted by atomic mass is 10.0. The SMILES string of the molecule is CC(N[C@H](C)c1ccccc1)c1ccc(Cl)cc1. The molecule has 0 aliphatic carbocycles. The zero-order valence-corrected chi connectivity index (χ0v) is 11.5. The van der Waals surface area contributed by atoms with Crippen LogP contribution in [0.2, 0.25) is 5.02 Å². The second-order valence-corrected chi connectivity index (χ2v) is 5.01. The van der Waals surface area contributed by atoms with Gasteiger partial charge < -0.3 is 5.32 Å². The van der Waals surface area contributed by atoms with Crippen LogP contribution in [0.4, 0.5) is 0 Å². The second kappa shape index (κ2) is 6.03. The molecule has 1 N–H and O–H groups in total. The van der Waals surface area contributed by atoms with E-state index in [9.17, 15) is 0 Å². The van der Waals surface area contributed by atoms with Crippen LogP contribution in [0.15, 0.2) is 54.6 Å². The Kier molecular flexibility index (Phi) is 4.40. The minimum absolute atomic E-state index is 0.303. The third-order valence-electron chi connectivity index (χ3n) is 3.17. The second-order valence-electron chi connectivity index (χ2n) is 4.57. The molecule has 2 heteroatoms. The van der Waals surface area contributed by atoms with Gasteiger partial charge in [0.15, 0.2) is 0 Å². The molecule has 18 heavy (non-hydrogen) atoms. The van der Waals surface area contributed by atoms with Crippen LogP contribution in [0.1, 0.15) is 37.1 Å². The average molecular weight is 260 g/mol. The van der Waals surface area contributed by atoms with Gasteiger partial charge in [0.25, 0.3) is 0 Å². The summed E-state index contributed by atoms with van der Waals surface area (Å²) in [5.41, 5.74) is 2.56. The van der Waals surface area contributed by atoms with Crippen LogP contribution in [0, 0.1) is 0 Å². The largest absolute Gasteiger partial charge is 0.304 e. The van der Waals surface area contributed by atoms with Crippen molar-refractivity contribution in [1.82, 2.24) is 5.32 Å². The Labute approximate surface area is 114 Å². The molecule has 0 fully saturated rings. The lowest BCUT2D eigenvalue weighted by Crippen LogP contribution is -2.22. The molecule has 0 saturated carbocycles. The smallest absolute Gasteiger partial charge is 0.0406 e. The van der Waals surface area contributed by atoms with E-state index >= 15 is 0 Å². The summed E-state index contributed by atoms with van der Waals surface area (Å²) in [5.74, 6) is 0. The van der Waals surface area contributed by atoms with Gasteiger partial charge in [-0.1, -0.05) is 54.1 Å². The predicted octanol–water partition coefficient (Wildman–Crippen LogP) is 4.75. The van der Waals surface area contributed by atoms with Gasteiger partial charge in [-0.3, -0.25) is 0 Å². The third-order valence-corrected chi connectivity index (χ3v) is 3.42. The molecule has 2 aromatic carbocycles. The van der Waals surface area contributed by atoms with Crippen LogP contribution in [0.5, 0.6) is 0 Å². The van der Waals surface area contributed by atoms with E-state index in [1.165, 1.54) is 11.1 Å². The van der Waals surface area contributed by atoms with Crippen molar-refractivity contribution in [2.24, 2.45) is 0 Å². The molecule has 0 aliphatic rings. The van der Waals surface area contributed by atoms with E-state index in [0.717, 1.165) is 5.02 Å². The Morgan fingerprint density at radius 2 is 1.28 bits per heavy atom. The third kappa shape index (κ3) is 3.34. The Hall–Kier alpha value is -1.31. The van der Waals surface area contributed by atoms with Crippen molar-refractivity contribution in [1.29, 1.82) is 0 Å². The fraction of sp³-hybridized carbons (Fsp3) is 0.250. The highest BCUT2D eigenvalue weighted by atomic mass is 35.5. The van der Waals surface area contributed by atoms with E-state index in [-0.39, 0.29) is 0 Å². The number of hydrogen-bond donors (Lipinski definition) is 1. The van der Waals surface area contributed by atoms with Crippen LogP contribution < -0.4 is 5.32 Å². The number of rotatable bonds is 4. The first-order chi connectivity index (χ1) is 8.66. The first kappa shape index (κ1) is 13.1.